The van der Waals surface area contributed by atoms with Crippen molar-refractivity contribution in [1.82, 2.24) is 98.6 Å². The van der Waals surface area contributed by atoms with E-state index in [1.54, 1.807) is 92.0 Å². The number of nitrogens with two attached hydrogens (primary N) is 1. The fourth-order valence-corrected chi connectivity index (χ4v) is 23.7. The predicted octanol–water partition coefficient (Wildman–Crippen LogP) is 16.1. The standard InChI is InChI=1S/C25H28Cl2N8O.3C25H29Cl2N7O/c1-15(19-5-4-18(26)9-20(19)27)35-25-24(21(10-28)32-35)30-11-23(31-25)34-13-17(14-34)16-3-2-7-33(12-16)8-6-22(29)36;3*1-15(35)11-32-7-3-4-17(12-32)18-13-33(14-18)23-10-29-24-22(9-28)31-34(25(24)30-23)16(2)20-6-5-19(26)8-21(20)27/h4-5,9,11,15-17H,2-3,6-8,12-14H2,1H3,(H2,29,36);3*5-6,8,10,15-18,35H,3-4,7,11-14H2,1-2H3/t15-,16+;15-,16+,17+;15-,16+,17-;15-,16-,17-/m1001/s1. The fraction of sp³-hybridized carbons (Fsp3) is 0.510. The molecule has 41 heteroatoms. The molecule has 0 radical (unpaired) electrons. The number of aliphatic hydroxyl groups excluding tert-OH is 3. The van der Waals surface area contributed by atoms with E-state index in [0.29, 0.717) is 139 Å². The summed E-state index contributed by atoms with van der Waals surface area (Å²) < 4.78 is 6.90. The van der Waals surface area contributed by atoms with E-state index in [9.17, 15) is 41.2 Å². The first kappa shape index (κ1) is 102. The Bertz CT molecular complexity index is 6240. The third kappa shape index (κ3) is 23.1. The molecule has 5 N–H and O–H groups in total. The molecule has 0 spiro atoms. The molecule has 0 unspecified atom stereocenters. The maximum absolute atomic E-state index is 11.2. The van der Waals surface area contributed by atoms with Crippen LogP contribution in [-0.4, -0.2) is 269 Å². The van der Waals surface area contributed by atoms with E-state index in [1.807, 2.05) is 72.7 Å². The number of hydrogen-bond acceptors (Lipinski definition) is 28. The van der Waals surface area contributed by atoms with E-state index in [2.05, 4.69) is 104 Å². The molecule has 0 saturated carbocycles. The SMILES string of the molecule is C[C@H](O)CN1CCC[C@@H](C2CN(c3cnc4c(C#N)nn([C@H](C)c5ccc(Cl)cc5Cl)c4n3)C2)C1.C[C@H](O)CN1CCC[C@H](C2CN(c3cnc4c(C#N)nn([C@H](C)c5ccc(Cl)cc5Cl)c4n3)C2)C1.C[C@H](c1ccc(Cl)cc1Cl)n1nc(C#N)c2ncc(N3CC([C@@H]4CCCN(C[C@@H](C)O)C4)C3)nc21.C[C@H](c1ccc(Cl)cc1Cl)n1nc(C#N)c2ncc(N3CC([C@H]4CCCN(CCC(N)=O)C4)C3)nc21. The number of benzene rings is 4. The number of primary amides is 1. The molecular formula is C100H115Cl8N29O4. The van der Waals surface area contributed by atoms with Crippen molar-refractivity contribution in [2.75, 3.05) is 150 Å². The van der Waals surface area contributed by atoms with Crippen LogP contribution in [0.4, 0.5) is 23.3 Å². The molecule has 8 aliphatic rings. The highest BCUT2D eigenvalue weighted by atomic mass is 35.5. The molecular weight excluding hydrogens is 1950 g/mol. The maximum Gasteiger partial charge on any atom is 0.218 e. The van der Waals surface area contributed by atoms with Gasteiger partial charge < -0.3 is 60.3 Å². The number of amides is 1. The topological polar surface area (TPSA) is 399 Å². The number of nitrogens with zero attached hydrogens (tertiary/aromatic N) is 28. The Labute approximate surface area is 859 Å². The number of piperidine rings is 4. The third-order valence-corrected chi connectivity index (χ3v) is 31.4. The maximum atomic E-state index is 11.2. The minimum atomic E-state index is -0.290. The molecule has 8 aliphatic heterocycles. The van der Waals surface area contributed by atoms with Gasteiger partial charge in [0.1, 0.15) is 69.6 Å². The number of carbonyl (C=O) groups is 1. The zero-order chi connectivity index (χ0) is 99.5. The third-order valence-electron chi connectivity index (χ3n) is 29.1. The molecule has 20 rings (SSSR count). The minimum Gasteiger partial charge on any atom is -0.392 e. The number of aromatic nitrogens is 16. The lowest BCUT2D eigenvalue weighted by atomic mass is 9.80. The zero-order valence-electron chi connectivity index (χ0n) is 79.8. The quantitative estimate of drug-likeness (QED) is 0.0413. The largest absolute Gasteiger partial charge is 0.392 e. The van der Waals surface area contributed by atoms with Gasteiger partial charge in [0.05, 0.1) is 67.3 Å². The van der Waals surface area contributed by atoms with E-state index in [0.717, 1.165) is 183 Å². The Kier molecular flexibility index (Phi) is 32.6. The fourth-order valence-electron chi connectivity index (χ4n) is 21.5. The van der Waals surface area contributed by atoms with Crippen LogP contribution in [0.2, 0.25) is 40.2 Å². The molecule has 11 atom stereocenters. The second-order valence-corrected chi connectivity index (χ2v) is 42.6. The van der Waals surface area contributed by atoms with E-state index in [4.69, 9.17) is 118 Å². The number of aliphatic hydroxyl groups is 3. The summed E-state index contributed by atoms with van der Waals surface area (Å²) in [6, 6.07) is 29.0. The van der Waals surface area contributed by atoms with Crippen molar-refractivity contribution in [2.24, 2.45) is 53.1 Å². The smallest absolute Gasteiger partial charge is 0.218 e. The summed E-state index contributed by atoms with van der Waals surface area (Å²) in [7, 11) is 0. The van der Waals surface area contributed by atoms with Gasteiger partial charge in [0.25, 0.3) is 0 Å². The molecule has 141 heavy (non-hydrogen) atoms. The van der Waals surface area contributed by atoms with E-state index >= 15 is 0 Å². The van der Waals surface area contributed by atoms with Gasteiger partial charge in [0, 0.05) is 151 Å². The second kappa shape index (κ2) is 44.9. The first-order chi connectivity index (χ1) is 67.8. The zero-order valence-corrected chi connectivity index (χ0v) is 85.8. The average molecular weight is 2070 g/mol. The van der Waals surface area contributed by atoms with Crippen LogP contribution in [0, 0.1) is 92.7 Å². The first-order valence-corrected chi connectivity index (χ1v) is 51.5. The number of carbonyl (C=O) groups excluding carboxylic acids is 1. The highest BCUT2D eigenvalue weighted by Gasteiger charge is 2.43. The molecule has 740 valence electrons. The Hall–Kier alpha value is -10.2. The van der Waals surface area contributed by atoms with Crippen LogP contribution in [0.1, 0.15) is 175 Å². The van der Waals surface area contributed by atoms with Crippen LogP contribution >= 0.6 is 92.8 Å². The summed E-state index contributed by atoms with van der Waals surface area (Å²) in [5.41, 5.74) is 13.9. The number of nitriles is 4. The van der Waals surface area contributed by atoms with Crippen LogP contribution in [0.15, 0.2) is 97.6 Å². The van der Waals surface area contributed by atoms with Crippen LogP contribution in [0.3, 0.4) is 0 Å². The highest BCUT2D eigenvalue weighted by molar-refractivity contribution is 6.37. The lowest BCUT2D eigenvalue weighted by Gasteiger charge is -2.47. The number of β-amino-alcohol motifs (C(OH)–C–C–N with tert-alkyl or cyclic N) is 3. The average Bonchev–Trinajstić information content (AvgIpc) is 1.59. The van der Waals surface area contributed by atoms with E-state index in [-0.39, 0.29) is 71.2 Å². The lowest BCUT2D eigenvalue weighted by Crippen LogP contribution is -2.54. The van der Waals surface area contributed by atoms with Crippen molar-refractivity contribution in [3.63, 3.8) is 0 Å². The second-order valence-electron chi connectivity index (χ2n) is 39.2. The molecule has 16 heterocycles. The van der Waals surface area contributed by atoms with Crippen molar-refractivity contribution in [2.45, 2.75) is 149 Å². The molecule has 8 aromatic heterocycles. The van der Waals surface area contributed by atoms with Crippen molar-refractivity contribution >= 4 is 167 Å². The van der Waals surface area contributed by atoms with Gasteiger partial charge in [-0.3, -0.25) is 4.79 Å². The van der Waals surface area contributed by atoms with E-state index < -0.39 is 0 Å². The first-order valence-electron chi connectivity index (χ1n) is 48.5. The van der Waals surface area contributed by atoms with Crippen LogP contribution in [-0.2, 0) is 4.79 Å². The molecule has 33 nitrogen and oxygen atoms in total. The van der Waals surface area contributed by atoms with Crippen LogP contribution in [0.25, 0.3) is 44.7 Å². The minimum absolute atomic E-state index is 0.237. The Morgan fingerprint density at radius 1 is 0.355 bits per heavy atom. The van der Waals surface area contributed by atoms with Gasteiger partial charge in [0.15, 0.2) is 45.4 Å². The molecule has 8 saturated heterocycles. The lowest BCUT2D eigenvalue weighted by molar-refractivity contribution is -0.118. The van der Waals surface area contributed by atoms with Gasteiger partial charge in [-0.25, -0.2) is 58.6 Å². The number of anilines is 4. The molecule has 0 aliphatic carbocycles. The van der Waals surface area contributed by atoms with E-state index in [1.165, 1.54) is 44.9 Å². The summed E-state index contributed by atoms with van der Waals surface area (Å²) in [4.78, 5) is 67.5. The summed E-state index contributed by atoms with van der Waals surface area (Å²) in [5.74, 6) is 7.83. The van der Waals surface area contributed by atoms with Crippen molar-refractivity contribution in [1.29, 1.82) is 21.0 Å². The summed E-state index contributed by atoms with van der Waals surface area (Å²) in [6.45, 7) is 32.2. The predicted molar refractivity (Wildman–Crippen MR) is 550 cm³/mol. The van der Waals surface area contributed by atoms with Crippen molar-refractivity contribution in [3.8, 4) is 24.3 Å². The summed E-state index contributed by atoms with van der Waals surface area (Å²) in [5, 5.41) is 90.2. The van der Waals surface area contributed by atoms with Gasteiger partial charge in [-0.1, -0.05) is 117 Å². The Morgan fingerprint density at radius 3 is 0.794 bits per heavy atom. The Balaban J connectivity index is 0.000000130. The highest BCUT2D eigenvalue weighted by Crippen LogP contribution is 2.43. The molecule has 0 bridgehead atoms. The number of likely N-dealkylation sites (tertiary alicyclic amines) is 4. The number of hydrogen-bond donors (Lipinski definition) is 4. The molecule has 8 fully saturated rings. The van der Waals surface area contributed by atoms with Gasteiger partial charge in [-0.05, 0) is 244 Å². The normalized spacial score (nSPS) is 20.7. The number of rotatable bonds is 25. The van der Waals surface area contributed by atoms with Crippen LogP contribution < -0.4 is 25.3 Å². The number of fused-ring (bicyclic) bond motifs is 4. The van der Waals surface area contributed by atoms with Gasteiger partial charge in [0.2, 0.25) is 5.91 Å². The van der Waals surface area contributed by atoms with Gasteiger partial charge >= 0.3 is 0 Å². The Morgan fingerprint density at radius 2 is 0.582 bits per heavy atom. The number of halogens is 8. The summed E-state index contributed by atoms with van der Waals surface area (Å²) >= 11 is 50.1. The molecule has 1 amide bonds. The molecule has 12 aromatic rings. The van der Waals surface area contributed by atoms with Gasteiger partial charge in [-0.15, -0.1) is 0 Å². The van der Waals surface area contributed by atoms with Crippen molar-refractivity contribution in [3.05, 3.63) is 183 Å². The summed E-state index contributed by atoms with van der Waals surface area (Å²) in [6.07, 6.45) is 16.1. The van der Waals surface area contributed by atoms with Crippen molar-refractivity contribution < 1.29 is 20.1 Å². The van der Waals surface area contributed by atoms with Gasteiger partial charge in [-0.2, -0.15) is 41.4 Å². The molecule has 4 aromatic carbocycles. The van der Waals surface area contributed by atoms with Crippen LogP contribution in [0.5, 0.6) is 0 Å². The monoisotopic (exact) mass is 2070 g/mol.